The van der Waals surface area contributed by atoms with E-state index in [1.165, 1.54) is 5.56 Å². The van der Waals surface area contributed by atoms with Crippen LogP contribution in [-0.2, 0) is 19.8 Å². The number of alkyl halides is 3. The van der Waals surface area contributed by atoms with Crippen LogP contribution in [0.5, 0.6) is 5.88 Å². The van der Waals surface area contributed by atoms with Crippen molar-refractivity contribution in [3.63, 3.8) is 0 Å². The fourth-order valence-corrected chi connectivity index (χ4v) is 5.77. The predicted octanol–water partition coefficient (Wildman–Crippen LogP) is 5.20. The van der Waals surface area contributed by atoms with Gasteiger partial charge in [0.2, 0.25) is 5.88 Å². The van der Waals surface area contributed by atoms with E-state index in [2.05, 4.69) is 31.8 Å². The maximum atomic E-state index is 12.9. The standard InChI is InChI=1S/C26H32F3N7O3/c1-35-22(15-39-23-12-19(10-11-30-23)26(27,28)29)33-34-24(35)17-4-2-16(3-5-17)18-13-31-36(14-18)21-8-6-20(7-9-21)32-25(37)38/h10-14,16-17,20-21,32H,2-9,15H2,1H3,(H,37,38)/t16-,17-,20-,21-. The molecule has 2 aliphatic rings. The fourth-order valence-electron chi connectivity index (χ4n) is 5.77. The van der Waals surface area contributed by atoms with E-state index >= 15 is 0 Å². The zero-order valence-corrected chi connectivity index (χ0v) is 21.6. The van der Waals surface area contributed by atoms with E-state index in [-0.39, 0.29) is 24.4 Å². The van der Waals surface area contributed by atoms with Crippen molar-refractivity contribution < 1.29 is 27.8 Å². The van der Waals surface area contributed by atoms with Crippen molar-refractivity contribution in [1.82, 2.24) is 34.8 Å². The number of carbonyl (C=O) groups is 1. The van der Waals surface area contributed by atoms with Crippen LogP contribution in [-0.4, -0.2) is 46.8 Å². The van der Waals surface area contributed by atoms with Crippen molar-refractivity contribution in [3.05, 3.63) is 53.5 Å². The van der Waals surface area contributed by atoms with Crippen LogP contribution in [0.15, 0.2) is 30.7 Å². The number of pyridine rings is 1. The molecule has 0 spiro atoms. The minimum Gasteiger partial charge on any atom is -0.469 e. The smallest absolute Gasteiger partial charge is 0.416 e. The summed E-state index contributed by atoms with van der Waals surface area (Å²) in [5.41, 5.74) is 0.425. The highest BCUT2D eigenvalue weighted by molar-refractivity contribution is 5.64. The van der Waals surface area contributed by atoms with E-state index in [1.54, 1.807) is 0 Å². The number of carboxylic acid groups (broad SMARTS) is 1. The molecule has 210 valence electrons. The zero-order chi connectivity index (χ0) is 27.6. The highest BCUT2D eigenvalue weighted by Crippen LogP contribution is 2.40. The number of aromatic nitrogens is 6. The zero-order valence-electron chi connectivity index (χ0n) is 21.6. The molecule has 10 nitrogen and oxygen atoms in total. The minimum absolute atomic E-state index is 0.0222. The van der Waals surface area contributed by atoms with Crippen molar-refractivity contribution in [1.29, 1.82) is 0 Å². The van der Waals surface area contributed by atoms with E-state index in [4.69, 9.17) is 9.84 Å². The maximum absolute atomic E-state index is 12.9. The summed E-state index contributed by atoms with van der Waals surface area (Å²) in [6, 6.07) is 2.10. The number of rotatable bonds is 7. The highest BCUT2D eigenvalue weighted by Gasteiger charge is 2.32. The van der Waals surface area contributed by atoms with Crippen LogP contribution < -0.4 is 10.1 Å². The topological polar surface area (TPSA) is 120 Å². The van der Waals surface area contributed by atoms with Gasteiger partial charge in [0.15, 0.2) is 5.82 Å². The quantitative estimate of drug-likeness (QED) is 0.417. The lowest BCUT2D eigenvalue weighted by atomic mass is 9.79. The van der Waals surface area contributed by atoms with Crippen molar-refractivity contribution in [2.24, 2.45) is 7.05 Å². The van der Waals surface area contributed by atoms with Gasteiger partial charge in [0.1, 0.15) is 12.4 Å². The van der Waals surface area contributed by atoms with Crippen LogP contribution in [0.1, 0.15) is 92.0 Å². The molecular formula is C26H32F3N7O3. The minimum atomic E-state index is -4.46. The molecule has 13 heteroatoms. The van der Waals surface area contributed by atoms with Crippen molar-refractivity contribution in [3.8, 4) is 5.88 Å². The molecule has 1 amide bonds. The molecule has 3 aromatic rings. The average Bonchev–Trinajstić information content (AvgIpc) is 3.55. The predicted molar refractivity (Wildman–Crippen MR) is 133 cm³/mol. The number of hydrogen-bond donors (Lipinski definition) is 2. The first kappa shape index (κ1) is 26.9. The maximum Gasteiger partial charge on any atom is 0.416 e. The molecule has 0 atom stereocenters. The fraction of sp³-hybridized carbons (Fsp3) is 0.577. The molecule has 0 unspecified atom stereocenters. The largest absolute Gasteiger partial charge is 0.469 e. The Morgan fingerprint density at radius 2 is 1.82 bits per heavy atom. The van der Waals surface area contributed by atoms with Gasteiger partial charge in [0, 0.05) is 37.5 Å². The number of amides is 1. The van der Waals surface area contributed by atoms with Gasteiger partial charge in [-0.2, -0.15) is 18.3 Å². The van der Waals surface area contributed by atoms with Crippen molar-refractivity contribution in [2.75, 3.05) is 0 Å². The summed E-state index contributed by atoms with van der Waals surface area (Å²) in [4.78, 5) is 14.7. The Morgan fingerprint density at radius 3 is 2.51 bits per heavy atom. The molecule has 2 saturated carbocycles. The first-order valence-electron chi connectivity index (χ1n) is 13.2. The second kappa shape index (κ2) is 11.2. The second-order valence-corrected chi connectivity index (χ2v) is 10.5. The molecule has 3 aromatic heterocycles. The van der Waals surface area contributed by atoms with Crippen LogP contribution >= 0.6 is 0 Å². The van der Waals surface area contributed by atoms with Crippen LogP contribution in [0, 0.1) is 0 Å². The highest BCUT2D eigenvalue weighted by atomic mass is 19.4. The summed E-state index contributed by atoms with van der Waals surface area (Å²) in [6.07, 6.45) is 7.10. The molecule has 2 aliphatic carbocycles. The van der Waals surface area contributed by atoms with E-state index in [1.807, 2.05) is 22.5 Å². The Labute approximate surface area is 223 Å². The number of nitrogens with one attached hydrogen (secondary N) is 1. The third kappa shape index (κ3) is 6.34. The molecule has 39 heavy (non-hydrogen) atoms. The van der Waals surface area contributed by atoms with Gasteiger partial charge in [0.05, 0.1) is 17.8 Å². The number of halogens is 3. The molecule has 0 bridgehead atoms. The first-order valence-corrected chi connectivity index (χ1v) is 13.2. The Hall–Kier alpha value is -3.64. The van der Waals surface area contributed by atoms with Crippen molar-refractivity contribution in [2.45, 2.75) is 88.1 Å². The van der Waals surface area contributed by atoms with Gasteiger partial charge in [-0.25, -0.2) is 9.78 Å². The van der Waals surface area contributed by atoms with Gasteiger partial charge in [-0.3, -0.25) is 4.68 Å². The third-order valence-electron chi connectivity index (χ3n) is 7.99. The number of ether oxygens (including phenoxy) is 1. The molecular weight excluding hydrogens is 515 g/mol. The molecule has 5 rings (SSSR count). The van der Waals surface area contributed by atoms with E-state index in [0.717, 1.165) is 75.5 Å². The van der Waals surface area contributed by atoms with E-state index < -0.39 is 17.8 Å². The SMILES string of the molecule is Cn1c(COc2cc(C(F)(F)F)ccn2)nnc1[C@H]1CC[C@H](c2cnn([C@H]3CC[C@H](NC(=O)O)CC3)c2)CC1. The van der Waals surface area contributed by atoms with Gasteiger partial charge < -0.3 is 19.7 Å². The summed E-state index contributed by atoms with van der Waals surface area (Å²) in [5.74, 6) is 1.93. The monoisotopic (exact) mass is 547 g/mol. The van der Waals surface area contributed by atoms with Crippen LogP contribution in [0.3, 0.4) is 0 Å². The average molecular weight is 548 g/mol. The van der Waals surface area contributed by atoms with Crippen LogP contribution in [0.2, 0.25) is 0 Å². The number of hydrogen-bond acceptors (Lipinski definition) is 6. The van der Waals surface area contributed by atoms with Crippen LogP contribution in [0.4, 0.5) is 18.0 Å². The van der Waals surface area contributed by atoms with E-state index in [0.29, 0.717) is 17.8 Å². The summed E-state index contributed by atoms with van der Waals surface area (Å²) in [5, 5.41) is 24.7. The van der Waals surface area contributed by atoms with Gasteiger partial charge >= 0.3 is 12.3 Å². The summed E-state index contributed by atoms with van der Waals surface area (Å²) < 4.78 is 48.2. The Balaban J connectivity index is 1.13. The Kier molecular flexibility index (Phi) is 7.76. The lowest BCUT2D eigenvalue weighted by Gasteiger charge is -2.29. The summed E-state index contributed by atoms with van der Waals surface area (Å²) in [7, 11) is 1.85. The van der Waals surface area contributed by atoms with Gasteiger partial charge in [-0.1, -0.05) is 0 Å². The van der Waals surface area contributed by atoms with Gasteiger partial charge in [0.25, 0.3) is 0 Å². The van der Waals surface area contributed by atoms with Crippen molar-refractivity contribution >= 4 is 6.09 Å². The number of nitrogens with zero attached hydrogens (tertiary/aromatic N) is 6. The molecule has 0 radical (unpaired) electrons. The third-order valence-corrected chi connectivity index (χ3v) is 7.99. The normalized spacial score (nSPS) is 23.9. The molecule has 2 fully saturated rings. The molecule has 0 aromatic carbocycles. The summed E-state index contributed by atoms with van der Waals surface area (Å²) in [6.45, 7) is -0.0272. The second-order valence-electron chi connectivity index (χ2n) is 10.5. The molecule has 0 saturated heterocycles. The van der Waals surface area contributed by atoms with Crippen LogP contribution in [0.25, 0.3) is 0 Å². The van der Waals surface area contributed by atoms with E-state index in [9.17, 15) is 18.0 Å². The Morgan fingerprint density at radius 1 is 1.10 bits per heavy atom. The Bertz CT molecular complexity index is 1280. The molecule has 2 N–H and O–H groups in total. The summed E-state index contributed by atoms with van der Waals surface area (Å²) >= 11 is 0. The van der Waals surface area contributed by atoms with Gasteiger partial charge in [-0.05, 0) is 68.9 Å². The lowest BCUT2D eigenvalue weighted by Crippen LogP contribution is -2.37. The first-order chi connectivity index (χ1) is 18.7. The lowest BCUT2D eigenvalue weighted by molar-refractivity contribution is -0.137. The van der Waals surface area contributed by atoms with Gasteiger partial charge in [-0.15, -0.1) is 10.2 Å². The molecule has 0 aliphatic heterocycles. The molecule has 3 heterocycles.